The van der Waals surface area contributed by atoms with Crippen LogP contribution >= 0.6 is 0 Å². The molecule has 1 fully saturated rings. The molecular weight excluding hydrogens is 530 g/mol. The first kappa shape index (κ1) is 26.8. The summed E-state index contributed by atoms with van der Waals surface area (Å²) in [4.78, 5) is 38.4. The average molecular weight is 560 g/mol. The third kappa shape index (κ3) is 5.60. The summed E-state index contributed by atoms with van der Waals surface area (Å²) >= 11 is 0. The molecule has 6 rings (SSSR count). The Balaban J connectivity index is 1.08. The zero-order valence-electron chi connectivity index (χ0n) is 22.7. The standard InChI is InChI=1S/C34H29N3O5/c38-32(24-15-13-22(14-16-24)19-23-17-18-37(20-23)34(40)41)35-30-11-5-6-12-31(30)36-33(39)42-21-29-27-9-3-1-7-25(27)26-8-2-4-10-28(26)29/h1-16,19,29H,17-18,20-21H2,(H,35,38)(H,36,39)(H,40,41)/b23-19-. The van der Waals surface area contributed by atoms with Crippen LogP contribution in [-0.2, 0) is 4.74 Å². The third-order valence-electron chi connectivity index (χ3n) is 7.67. The number of benzene rings is 4. The quantitative estimate of drug-likeness (QED) is 0.234. The van der Waals surface area contributed by atoms with Crippen molar-refractivity contribution in [1.29, 1.82) is 0 Å². The number of carbonyl (C=O) groups excluding carboxylic acids is 2. The number of likely N-dealkylation sites (tertiary alicyclic amines) is 1. The highest BCUT2D eigenvalue weighted by Gasteiger charge is 2.29. The van der Waals surface area contributed by atoms with Gasteiger partial charge in [-0.2, -0.15) is 0 Å². The van der Waals surface area contributed by atoms with Crippen molar-refractivity contribution in [2.24, 2.45) is 0 Å². The summed E-state index contributed by atoms with van der Waals surface area (Å²) in [5.41, 5.74) is 7.82. The largest absolute Gasteiger partial charge is 0.465 e. The van der Waals surface area contributed by atoms with E-state index in [2.05, 4.69) is 34.9 Å². The summed E-state index contributed by atoms with van der Waals surface area (Å²) in [6, 6.07) is 30.3. The average Bonchev–Trinajstić information content (AvgIpc) is 3.60. The number of anilines is 2. The molecule has 4 aromatic rings. The Morgan fingerprint density at radius 2 is 1.40 bits per heavy atom. The Labute approximate surface area is 243 Å². The Morgan fingerprint density at radius 1 is 0.810 bits per heavy atom. The molecule has 1 aliphatic carbocycles. The van der Waals surface area contributed by atoms with Crippen molar-refractivity contribution in [2.75, 3.05) is 30.3 Å². The number of rotatable bonds is 6. The summed E-state index contributed by atoms with van der Waals surface area (Å²) in [5.74, 6) is -0.379. The van der Waals surface area contributed by atoms with Crippen molar-refractivity contribution in [3.63, 3.8) is 0 Å². The number of amides is 3. The molecule has 0 aromatic heterocycles. The fourth-order valence-corrected chi connectivity index (χ4v) is 5.57. The lowest BCUT2D eigenvalue weighted by atomic mass is 9.98. The van der Waals surface area contributed by atoms with Crippen LogP contribution in [0.15, 0.2) is 103 Å². The minimum atomic E-state index is -0.918. The van der Waals surface area contributed by atoms with Gasteiger partial charge in [-0.05, 0) is 64.1 Å². The molecule has 0 saturated carbocycles. The molecule has 0 bridgehead atoms. The first-order chi connectivity index (χ1) is 20.5. The van der Waals surface area contributed by atoms with Gasteiger partial charge in [-0.15, -0.1) is 0 Å². The second kappa shape index (κ2) is 11.6. The SMILES string of the molecule is O=C(Nc1ccccc1NC(=O)c1ccc(/C=C2/CCN(C(=O)O)C2)cc1)OCC1c2ccccc2-c2ccccc21. The zero-order valence-corrected chi connectivity index (χ0v) is 22.7. The highest BCUT2D eigenvalue weighted by Crippen LogP contribution is 2.44. The van der Waals surface area contributed by atoms with Crippen LogP contribution in [-0.4, -0.2) is 47.8 Å². The van der Waals surface area contributed by atoms with E-state index in [0.29, 0.717) is 36.4 Å². The number of hydrogen-bond acceptors (Lipinski definition) is 4. The monoisotopic (exact) mass is 559 g/mol. The minimum Gasteiger partial charge on any atom is -0.465 e. The van der Waals surface area contributed by atoms with Gasteiger partial charge in [0.2, 0.25) is 0 Å². The maximum atomic E-state index is 13.0. The molecule has 1 aliphatic heterocycles. The Bertz CT molecular complexity index is 1650. The van der Waals surface area contributed by atoms with Crippen LogP contribution in [0.1, 0.15) is 39.4 Å². The van der Waals surface area contributed by atoms with Crippen molar-refractivity contribution in [1.82, 2.24) is 4.90 Å². The summed E-state index contributed by atoms with van der Waals surface area (Å²) < 4.78 is 5.67. The molecule has 0 spiro atoms. The molecule has 1 heterocycles. The molecule has 42 heavy (non-hydrogen) atoms. The van der Waals surface area contributed by atoms with Crippen molar-refractivity contribution in [3.8, 4) is 11.1 Å². The van der Waals surface area contributed by atoms with Crippen LogP contribution in [0.4, 0.5) is 21.0 Å². The van der Waals surface area contributed by atoms with Crippen molar-refractivity contribution >= 4 is 35.5 Å². The highest BCUT2D eigenvalue weighted by atomic mass is 16.5. The van der Waals surface area contributed by atoms with E-state index in [1.165, 1.54) is 4.90 Å². The van der Waals surface area contributed by atoms with Crippen LogP contribution in [0, 0.1) is 0 Å². The van der Waals surface area contributed by atoms with Crippen LogP contribution in [0.5, 0.6) is 0 Å². The number of fused-ring (bicyclic) bond motifs is 3. The normalized spacial score (nSPS) is 14.8. The Kier molecular flexibility index (Phi) is 7.43. The lowest BCUT2D eigenvalue weighted by molar-refractivity contribution is 0.102. The lowest BCUT2D eigenvalue weighted by Crippen LogP contribution is -2.25. The van der Waals surface area contributed by atoms with Gasteiger partial charge in [0.25, 0.3) is 5.91 Å². The zero-order chi connectivity index (χ0) is 29.1. The van der Waals surface area contributed by atoms with Gasteiger partial charge in [0.1, 0.15) is 6.61 Å². The summed E-state index contributed by atoms with van der Waals surface area (Å²) in [5, 5.41) is 14.8. The predicted molar refractivity (Wildman–Crippen MR) is 162 cm³/mol. The van der Waals surface area contributed by atoms with Crippen molar-refractivity contribution in [2.45, 2.75) is 12.3 Å². The van der Waals surface area contributed by atoms with Gasteiger partial charge in [-0.25, -0.2) is 9.59 Å². The fraction of sp³-hybridized carbons (Fsp3) is 0.147. The van der Waals surface area contributed by atoms with E-state index in [1.807, 2.05) is 42.5 Å². The molecular formula is C34H29N3O5. The van der Waals surface area contributed by atoms with E-state index in [1.54, 1.807) is 36.4 Å². The van der Waals surface area contributed by atoms with Crippen molar-refractivity contribution < 1.29 is 24.2 Å². The Morgan fingerprint density at radius 3 is 2.02 bits per heavy atom. The maximum Gasteiger partial charge on any atom is 0.411 e. The van der Waals surface area contributed by atoms with Gasteiger partial charge in [0.05, 0.1) is 11.4 Å². The molecule has 0 atom stereocenters. The summed E-state index contributed by atoms with van der Waals surface area (Å²) in [6.07, 6.45) is 1.13. The molecule has 3 amide bonds. The van der Waals surface area contributed by atoms with Gasteiger partial charge in [0, 0.05) is 24.6 Å². The Hall–Kier alpha value is -5.37. The third-order valence-corrected chi connectivity index (χ3v) is 7.67. The van der Waals surface area contributed by atoms with Crippen LogP contribution in [0.25, 0.3) is 17.2 Å². The smallest absolute Gasteiger partial charge is 0.411 e. The minimum absolute atomic E-state index is 0.0542. The number of carboxylic acid groups (broad SMARTS) is 1. The lowest BCUT2D eigenvalue weighted by Gasteiger charge is -2.16. The molecule has 210 valence electrons. The first-order valence-electron chi connectivity index (χ1n) is 13.8. The first-order valence-corrected chi connectivity index (χ1v) is 13.8. The van der Waals surface area contributed by atoms with Crippen molar-refractivity contribution in [3.05, 3.63) is 125 Å². The number of nitrogens with one attached hydrogen (secondary N) is 2. The number of carbonyl (C=O) groups is 3. The topological polar surface area (TPSA) is 108 Å². The molecule has 8 nitrogen and oxygen atoms in total. The van der Waals surface area contributed by atoms with Gasteiger partial charge in [-0.3, -0.25) is 10.1 Å². The maximum absolute atomic E-state index is 13.0. The predicted octanol–water partition coefficient (Wildman–Crippen LogP) is 7.07. The summed E-state index contributed by atoms with van der Waals surface area (Å²) in [7, 11) is 0. The second-order valence-electron chi connectivity index (χ2n) is 10.3. The van der Waals surface area contributed by atoms with Gasteiger partial charge in [0.15, 0.2) is 0 Å². The van der Waals surface area contributed by atoms with E-state index >= 15 is 0 Å². The number of nitrogens with zero attached hydrogens (tertiary/aromatic N) is 1. The molecule has 0 unspecified atom stereocenters. The van der Waals surface area contributed by atoms with E-state index in [9.17, 15) is 14.4 Å². The molecule has 8 heteroatoms. The van der Waals surface area contributed by atoms with E-state index < -0.39 is 12.2 Å². The molecule has 2 aliphatic rings. The van der Waals surface area contributed by atoms with Crippen LogP contribution < -0.4 is 10.6 Å². The van der Waals surface area contributed by atoms with E-state index in [-0.39, 0.29) is 18.4 Å². The molecule has 0 radical (unpaired) electrons. The summed E-state index contributed by atoms with van der Waals surface area (Å²) in [6.45, 7) is 1.07. The van der Waals surface area contributed by atoms with Gasteiger partial charge >= 0.3 is 12.2 Å². The number of hydrogen-bond donors (Lipinski definition) is 3. The second-order valence-corrected chi connectivity index (χ2v) is 10.3. The number of ether oxygens (including phenoxy) is 1. The van der Waals surface area contributed by atoms with Crippen LogP contribution in [0.3, 0.4) is 0 Å². The van der Waals surface area contributed by atoms with Crippen LogP contribution in [0.2, 0.25) is 0 Å². The van der Waals surface area contributed by atoms with Gasteiger partial charge < -0.3 is 20.1 Å². The molecule has 3 N–H and O–H groups in total. The highest BCUT2D eigenvalue weighted by molar-refractivity contribution is 6.07. The molecule has 1 saturated heterocycles. The fourth-order valence-electron chi connectivity index (χ4n) is 5.57. The van der Waals surface area contributed by atoms with E-state index in [4.69, 9.17) is 9.84 Å². The number of para-hydroxylation sites is 2. The molecule has 4 aromatic carbocycles. The van der Waals surface area contributed by atoms with E-state index in [0.717, 1.165) is 33.4 Å². The van der Waals surface area contributed by atoms with Gasteiger partial charge in [-0.1, -0.05) is 78.9 Å².